The zero-order valence-corrected chi connectivity index (χ0v) is 16.3. The Labute approximate surface area is 163 Å². The minimum absolute atomic E-state index is 0.677. The molecule has 3 heterocycles. The minimum atomic E-state index is 0.677. The number of aromatic nitrogens is 6. The third kappa shape index (κ3) is 2.96. The van der Waals surface area contributed by atoms with Gasteiger partial charge in [-0.3, -0.25) is 0 Å². The highest BCUT2D eigenvalue weighted by Crippen LogP contribution is 2.40. The molecule has 0 bridgehead atoms. The van der Waals surface area contributed by atoms with Crippen LogP contribution >= 0.6 is 23.1 Å². The Morgan fingerprint density at radius 1 is 1.11 bits per heavy atom. The van der Waals surface area contributed by atoms with Crippen molar-refractivity contribution < 1.29 is 4.74 Å². The fraction of sp³-hybridized carbons (Fsp3) is 0.278. The summed E-state index contributed by atoms with van der Waals surface area (Å²) >= 11 is 3.28. The predicted octanol–water partition coefficient (Wildman–Crippen LogP) is 3.71. The predicted molar refractivity (Wildman–Crippen MR) is 104 cm³/mol. The third-order valence-electron chi connectivity index (χ3n) is 4.66. The summed E-state index contributed by atoms with van der Waals surface area (Å²) in [5.74, 6) is 0.795. The maximum atomic E-state index is 5.22. The van der Waals surface area contributed by atoms with Crippen molar-refractivity contribution in [2.24, 2.45) is 0 Å². The van der Waals surface area contributed by atoms with Gasteiger partial charge >= 0.3 is 0 Å². The number of aryl methyl sites for hydroxylation is 2. The van der Waals surface area contributed by atoms with Gasteiger partial charge in [0.25, 0.3) is 0 Å². The third-order valence-corrected chi connectivity index (χ3v) is 6.80. The van der Waals surface area contributed by atoms with Crippen molar-refractivity contribution >= 4 is 33.3 Å². The summed E-state index contributed by atoms with van der Waals surface area (Å²) < 4.78 is 6.94. The molecule has 3 aromatic heterocycles. The Morgan fingerprint density at radius 3 is 2.81 bits per heavy atom. The van der Waals surface area contributed by atoms with E-state index in [2.05, 4.69) is 25.5 Å². The molecule has 0 amide bonds. The van der Waals surface area contributed by atoms with Crippen LogP contribution in [0.1, 0.15) is 23.3 Å². The molecule has 136 valence electrons. The maximum absolute atomic E-state index is 5.22. The molecule has 0 unspecified atom stereocenters. The Bertz CT molecular complexity index is 1100. The molecule has 7 nitrogen and oxygen atoms in total. The van der Waals surface area contributed by atoms with Crippen molar-refractivity contribution in [3.8, 4) is 11.4 Å². The van der Waals surface area contributed by atoms with Crippen molar-refractivity contribution in [1.29, 1.82) is 0 Å². The first kappa shape index (κ1) is 16.6. The number of tetrazole rings is 1. The summed E-state index contributed by atoms with van der Waals surface area (Å²) in [6, 6.07) is 7.65. The van der Waals surface area contributed by atoms with Gasteiger partial charge in [0.1, 0.15) is 21.9 Å². The molecule has 0 atom stereocenters. The van der Waals surface area contributed by atoms with Crippen LogP contribution in [-0.4, -0.2) is 37.3 Å². The molecule has 9 heteroatoms. The van der Waals surface area contributed by atoms with E-state index in [0.29, 0.717) is 5.16 Å². The molecular weight excluding hydrogens is 380 g/mol. The lowest BCUT2D eigenvalue weighted by molar-refractivity contribution is 0.414. The molecule has 1 aliphatic carbocycles. The van der Waals surface area contributed by atoms with Gasteiger partial charge in [0.15, 0.2) is 0 Å². The number of hydrogen-bond donors (Lipinski definition) is 0. The van der Waals surface area contributed by atoms with Crippen molar-refractivity contribution in [3.05, 3.63) is 41.0 Å². The van der Waals surface area contributed by atoms with E-state index in [1.807, 2.05) is 24.3 Å². The van der Waals surface area contributed by atoms with E-state index in [4.69, 9.17) is 4.74 Å². The normalized spacial score (nSPS) is 13.7. The summed E-state index contributed by atoms with van der Waals surface area (Å²) in [6.45, 7) is 0. The number of rotatable bonds is 4. The highest BCUT2D eigenvalue weighted by molar-refractivity contribution is 7.99. The van der Waals surface area contributed by atoms with E-state index in [1.54, 1.807) is 29.5 Å². The second-order valence-corrected chi connectivity index (χ2v) is 8.28. The van der Waals surface area contributed by atoms with E-state index in [-0.39, 0.29) is 0 Å². The second kappa shape index (κ2) is 6.90. The first-order valence-corrected chi connectivity index (χ1v) is 10.3. The molecule has 0 N–H and O–H groups in total. The Kier molecular flexibility index (Phi) is 4.25. The van der Waals surface area contributed by atoms with Crippen LogP contribution in [0.15, 0.2) is 40.8 Å². The van der Waals surface area contributed by atoms with Gasteiger partial charge in [0.2, 0.25) is 5.16 Å². The monoisotopic (exact) mass is 396 g/mol. The smallest absolute Gasteiger partial charge is 0.220 e. The van der Waals surface area contributed by atoms with Gasteiger partial charge in [-0.05, 0) is 77.7 Å². The molecule has 27 heavy (non-hydrogen) atoms. The molecule has 0 fully saturated rings. The first-order valence-electron chi connectivity index (χ1n) is 8.69. The lowest BCUT2D eigenvalue weighted by Crippen LogP contribution is -2.01. The molecule has 0 radical (unpaired) electrons. The largest absolute Gasteiger partial charge is 0.497 e. The summed E-state index contributed by atoms with van der Waals surface area (Å²) in [7, 11) is 1.65. The van der Waals surface area contributed by atoms with Crippen LogP contribution < -0.4 is 4.74 Å². The summed E-state index contributed by atoms with van der Waals surface area (Å²) in [5, 5.41) is 15.0. The Hall–Kier alpha value is -2.52. The summed E-state index contributed by atoms with van der Waals surface area (Å²) in [4.78, 5) is 11.6. The fourth-order valence-corrected chi connectivity index (χ4v) is 5.55. The Morgan fingerprint density at radius 2 is 1.96 bits per heavy atom. The van der Waals surface area contributed by atoms with E-state index >= 15 is 0 Å². The van der Waals surface area contributed by atoms with Crippen LogP contribution in [0.4, 0.5) is 0 Å². The molecule has 0 spiro atoms. The second-order valence-electron chi connectivity index (χ2n) is 6.24. The van der Waals surface area contributed by atoms with E-state index in [1.165, 1.54) is 40.4 Å². The number of methoxy groups -OCH3 is 1. The van der Waals surface area contributed by atoms with Crippen LogP contribution in [0.3, 0.4) is 0 Å². The van der Waals surface area contributed by atoms with Gasteiger partial charge in [-0.15, -0.1) is 16.4 Å². The van der Waals surface area contributed by atoms with Crippen molar-refractivity contribution in [2.75, 3.05) is 7.11 Å². The molecule has 0 aliphatic heterocycles. The van der Waals surface area contributed by atoms with Crippen LogP contribution in [0, 0.1) is 0 Å². The first-order chi connectivity index (χ1) is 13.3. The highest BCUT2D eigenvalue weighted by atomic mass is 32.2. The van der Waals surface area contributed by atoms with E-state index in [9.17, 15) is 0 Å². The highest BCUT2D eigenvalue weighted by Gasteiger charge is 2.21. The van der Waals surface area contributed by atoms with Crippen LogP contribution in [0.2, 0.25) is 0 Å². The molecule has 0 saturated carbocycles. The van der Waals surface area contributed by atoms with Gasteiger partial charge in [0.05, 0.1) is 12.8 Å². The summed E-state index contributed by atoms with van der Waals surface area (Å²) in [5.41, 5.74) is 2.29. The molecule has 4 aromatic rings. The molecular formula is C18H16N6OS2. The van der Waals surface area contributed by atoms with Crippen molar-refractivity contribution in [1.82, 2.24) is 30.2 Å². The molecule has 5 rings (SSSR count). The molecule has 0 saturated heterocycles. The van der Waals surface area contributed by atoms with Crippen molar-refractivity contribution in [2.45, 2.75) is 35.9 Å². The van der Waals surface area contributed by atoms with Crippen LogP contribution in [-0.2, 0) is 12.8 Å². The fourth-order valence-electron chi connectivity index (χ4n) is 3.35. The average molecular weight is 397 g/mol. The zero-order valence-electron chi connectivity index (χ0n) is 14.6. The SMILES string of the molecule is COc1ccc(-n2nnnc2Sc2ncnc3sc4c(c23)CCCC4)cc1. The number of hydrogen-bond acceptors (Lipinski definition) is 8. The lowest BCUT2D eigenvalue weighted by atomic mass is 9.97. The molecule has 1 aromatic carbocycles. The number of benzene rings is 1. The topological polar surface area (TPSA) is 78.6 Å². The summed E-state index contributed by atoms with van der Waals surface area (Å²) in [6.07, 6.45) is 6.35. The van der Waals surface area contributed by atoms with Crippen molar-refractivity contribution in [3.63, 3.8) is 0 Å². The van der Waals surface area contributed by atoms with Gasteiger partial charge in [-0.25, -0.2) is 9.97 Å². The maximum Gasteiger partial charge on any atom is 0.220 e. The average Bonchev–Trinajstić information content (AvgIpc) is 3.33. The number of nitrogens with zero attached hydrogens (tertiary/aromatic N) is 6. The quantitative estimate of drug-likeness (QED) is 0.487. The standard InChI is InChI=1S/C18H16N6OS2/c1-25-12-8-6-11(7-9-12)24-18(21-22-23-24)27-17-15-13-4-2-3-5-14(13)26-16(15)19-10-20-17/h6-10H,2-5H2,1H3. The van der Waals surface area contributed by atoms with Gasteiger partial charge in [-0.1, -0.05) is 0 Å². The number of ether oxygens (including phenoxy) is 1. The number of thiophene rings is 1. The van der Waals surface area contributed by atoms with E-state index in [0.717, 1.165) is 34.1 Å². The van der Waals surface area contributed by atoms with Gasteiger partial charge < -0.3 is 4.74 Å². The van der Waals surface area contributed by atoms with Crippen LogP contribution in [0.5, 0.6) is 5.75 Å². The minimum Gasteiger partial charge on any atom is -0.497 e. The lowest BCUT2D eigenvalue weighted by Gasteiger charge is -2.11. The molecule has 1 aliphatic rings. The number of fused-ring (bicyclic) bond motifs is 3. The zero-order chi connectivity index (χ0) is 18.2. The van der Waals surface area contributed by atoms with Gasteiger partial charge in [-0.2, -0.15) is 4.68 Å². The van der Waals surface area contributed by atoms with Gasteiger partial charge in [0, 0.05) is 10.3 Å². The van der Waals surface area contributed by atoms with Crippen LogP contribution in [0.25, 0.3) is 15.9 Å². The van der Waals surface area contributed by atoms with E-state index < -0.39 is 0 Å². The Balaban J connectivity index is 1.55.